The highest BCUT2D eigenvalue weighted by Crippen LogP contribution is 2.48. The van der Waals surface area contributed by atoms with Gasteiger partial charge in [0.25, 0.3) is 0 Å². The van der Waals surface area contributed by atoms with Crippen molar-refractivity contribution in [3.05, 3.63) is 30.1 Å². The third-order valence-corrected chi connectivity index (χ3v) is 5.16. The lowest BCUT2D eigenvalue weighted by atomic mass is 9.95. The summed E-state index contributed by atoms with van der Waals surface area (Å²) in [7, 11) is 0. The van der Waals surface area contributed by atoms with Crippen LogP contribution < -0.4 is 5.32 Å². The molecule has 1 N–H and O–H groups in total. The molecule has 2 aliphatic rings. The van der Waals surface area contributed by atoms with Crippen LogP contribution in [-0.4, -0.2) is 34.3 Å². The standard InChI is InChI=1S/C18H25N3O2/c1-2-15-5-3-4-12-21(15)17(23)18(8-9-18)16(22)20-13-14-6-10-19-11-7-14/h6-7,10-11,15H,2-5,8-9,12-13H2,1H3,(H,20,22). The molecule has 1 saturated carbocycles. The number of pyridine rings is 1. The molecular formula is C18H25N3O2. The van der Waals surface area contributed by atoms with Crippen LogP contribution in [0.1, 0.15) is 51.0 Å². The Labute approximate surface area is 137 Å². The molecule has 2 amide bonds. The predicted molar refractivity (Wildman–Crippen MR) is 87.4 cm³/mol. The average molecular weight is 315 g/mol. The van der Waals surface area contributed by atoms with E-state index in [4.69, 9.17) is 0 Å². The number of nitrogens with one attached hydrogen (secondary N) is 1. The molecule has 0 bridgehead atoms. The van der Waals surface area contributed by atoms with Crippen molar-refractivity contribution in [1.29, 1.82) is 0 Å². The zero-order chi connectivity index (χ0) is 16.3. The van der Waals surface area contributed by atoms with Crippen LogP contribution in [0.3, 0.4) is 0 Å². The molecule has 1 aromatic heterocycles. The Balaban J connectivity index is 1.63. The summed E-state index contributed by atoms with van der Waals surface area (Å²) in [6.45, 7) is 3.38. The van der Waals surface area contributed by atoms with Gasteiger partial charge in [0.1, 0.15) is 5.41 Å². The van der Waals surface area contributed by atoms with E-state index in [0.717, 1.165) is 31.4 Å². The predicted octanol–water partition coefficient (Wildman–Crippen LogP) is 2.27. The van der Waals surface area contributed by atoms with Gasteiger partial charge in [0, 0.05) is 31.5 Å². The first-order chi connectivity index (χ1) is 11.2. The number of carbonyl (C=O) groups is 2. The summed E-state index contributed by atoms with van der Waals surface area (Å²) in [5.74, 6) is -0.0592. The first-order valence-corrected chi connectivity index (χ1v) is 8.65. The van der Waals surface area contributed by atoms with Crippen LogP contribution in [0, 0.1) is 5.41 Å². The molecule has 2 heterocycles. The molecule has 3 rings (SSSR count). The van der Waals surface area contributed by atoms with Gasteiger partial charge >= 0.3 is 0 Å². The molecule has 1 aliphatic heterocycles. The number of rotatable bonds is 5. The van der Waals surface area contributed by atoms with Crippen molar-refractivity contribution in [1.82, 2.24) is 15.2 Å². The molecular weight excluding hydrogens is 290 g/mol. The summed E-state index contributed by atoms with van der Waals surface area (Å²) in [6.07, 6.45) is 9.05. The van der Waals surface area contributed by atoms with Crippen LogP contribution in [0.25, 0.3) is 0 Å². The molecule has 124 valence electrons. The topological polar surface area (TPSA) is 62.3 Å². The van der Waals surface area contributed by atoms with Gasteiger partial charge in [-0.05, 0) is 56.2 Å². The molecule has 5 nitrogen and oxygen atoms in total. The Morgan fingerprint density at radius 1 is 1.30 bits per heavy atom. The van der Waals surface area contributed by atoms with Crippen molar-refractivity contribution in [3.8, 4) is 0 Å². The zero-order valence-corrected chi connectivity index (χ0v) is 13.8. The van der Waals surface area contributed by atoms with Gasteiger partial charge in [-0.15, -0.1) is 0 Å². The maximum atomic E-state index is 13.0. The lowest BCUT2D eigenvalue weighted by molar-refractivity contribution is -0.147. The van der Waals surface area contributed by atoms with Crippen LogP contribution in [-0.2, 0) is 16.1 Å². The van der Waals surface area contributed by atoms with Crippen molar-refractivity contribution >= 4 is 11.8 Å². The Kier molecular flexibility index (Phi) is 4.64. The minimum atomic E-state index is -0.794. The molecule has 0 spiro atoms. The first-order valence-electron chi connectivity index (χ1n) is 8.65. The van der Waals surface area contributed by atoms with Gasteiger partial charge in [0.15, 0.2) is 0 Å². The summed E-state index contributed by atoms with van der Waals surface area (Å²) in [6, 6.07) is 4.06. The van der Waals surface area contributed by atoms with E-state index in [1.54, 1.807) is 12.4 Å². The van der Waals surface area contributed by atoms with E-state index >= 15 is 0 Å². The Hall–Kier alpha value is -1.91. The lowest BCUT2D eigenvalue weighted by Crippen LogP contribution is -2.50. The molecule has 0 radical (unpaired) electrons. The van der Waals surface area contributed by atoms with Crippen molar-refractivity contribution in [3.63, 3.8) is 0 Å². The van der Waals surface area contributed by atoms with Gasteiger partial charge in [-0.2, -0.15) is 0 Å². The van der Waals surface area contributed by atoms with Gasteiger partial charge in [-0.25, -0.2) is 0 Å². The third kappa shape index (κ3) is 3.23. The first kappa shape index (κ1) is 16.0. The maximum absolute atomic E-state index is 13.0. The fraction of sp³-hybridized carbons (Fsp3) is 0.611. The van der Waals surface area contributed by atoms with E-state index in [2.05, 4.69) is 17.2 Å². The Morgan fingerprint density at radius 3 is 2.70 bits per heavy atom. The Bertz CT molecular complexity index is 569. The summed E-state index contributed by atoms with van der Waals surface area (Å²) < 4.78 is 0. The monoisotopic (exact) mass is 315 g/mol. The molecule has 2 fully saturated rings. The summed E-state index contributed by atoms with van der Waals surface area (Å²) >= 11 is 0. The molecule has 0 aromatic carbocycles. The van der Waals surface area contributed by atoms with Crippen LogP contribution in [0.2, 0.25) is 0 Å². The lowest BCUT2D eigenvalue weighted by Gasteiger charge is -2.37. The van der Waals surface area contributed by atoms with Crippen LogP contribution in [0.5, 0.6) is 0 Å². The second-order valence-electron chi connectivity index (χ2n) is 6.68. The van der Waals surface area contributed by atoms with E-state index < -0.39 is 5.41 Å². The summed E-state index contributed by atoms with van der Waals surface area (Å²) in [5.41, 5.74) is 0.207. The highest BCUT2D eigenvalue weighted by Gasteiger charge is 2.58. The highest BCUT2D eigenvalue weighted by molar-refractivity contribution is 6.08. The second-order valence-corrected chi connectivity index (χ2v) is 6.68. The minimum absolute atomic E-state index is 0.0521. The van der Waals surface area contributed by atoms with Gasteiger partial charge in [-0.3, -0.25) is 14.6 Å². The highest BCUT2D eigenvalue weighted by atomic mass is 16.2. The maximum Gasteiger partial charge on any atom is 0.238 e. The molecule has 1 unspecified atom stereocenters. The number of hydrogen-bond donors (Lipinski definition) is 1. The van der Waals surface area contributed by atoms with Crippen molar-refractivity contribution in [2.75, 3.05) is 6.54 Å². The molecule has 1 aliphatic carbocycles. The number of likely N-dealkylation sites (tertiary alicyclic amines) is 1. The van der Waals surface area contributed by atoms with Crippen molar-refractivity contribution in [2.45, 2.75) is 58.0 Å². The smallest absolute Gasteiger partial charge is 0.238 e. The van der Waals surface area contributed by atoms with Crippen LogP contribution in [0.15, 0.2) is 24.5 Å². The molecule has 1 saturated heterocycles. The second kappa shape index (κ2) is 6.69. The van der Waals surface area contributed by atoms with E-state index in [1.807, 2.05) is 17.0 Å². The number of aromatic nitrogens is 1. The number of nitrogens with zero attached hydrogens (tertiary/aromatic N) is 2. The average Bonchev–Trinajstić information content (AvgIpc) is 3.42. The zero-order valence-electron chi connectivity index (χ0n) is 13.8. The van der Waals surface area contributed by atoms with E-state index in [9.17, 15) is 9.59 Å². The third-order valence-electron chi connectivity index (χ3n) is 5.16. The normalized spacial score (nSPS) is 22.5. The fourth-order valence-electron chi connectivity index (χ4n) is 3.48. The minimum Gasteiger partial charge on any atom is -0.351 e. The van der Waals surface area contributed by atoms with Crippen molar-refractivity contribution in [2.24, 2.45) is 5.41 Å². The van der Waals surface area contributed by atoms with Gasteiger partial charge in [-0.1, -0.05) is 6.92 Å². The summed E-state index contributed by atoms with van der Waals surface area (Å²) in [4.78, 5) is 31.5. The number of amides is 2. The van der Waals surface area contributed by atoms with E-state index in [1.165, 1.54) is 6.42 Å². The van der Waals surface area contributed by atoms with E-state index in [-0.39, 0.29) is 11.8 Å². The van der Waals surface area contributed by atoms with Crippen LogP contribution >= 0.6 is 0 Å². The quantitative estimate of drug-likeness (QED) is 0.848. The van der Waals surface area contributed by atoms with Gasteiger partial charge in [0.05, 0.1) is 0 Å². The van der Waals surface area contributed by atoms with Crippen LogP contribution in [0.4, 0.5) is 0 Å². The molecule has 23 heavy (non-hydrogen) atoms. The molecule has 5 heteroatoms. The summed E-state index contributed by atoms with van der Waals surface area (Å²) in [5, 5.41) is 2.94. The number of piperidine rings is 1. The van der Waals surface area contributed by atoms with Gasteiger partial charge in [0.2, 0.25) is 11.8 Å². The largest absolute Gasteiger partial charge is 0.351 e. The molecule has 1 atom stereocenters. The van der Waals surface area contributed by atoms with E-state index in [0.29, 0.717) is 25.4 Å². The number of carbonyl (C=O) groups excluding carboxylic acids is 2. The number of hydrogen-bond acceptors (Lipinski definition) is 3. The SMILES string of the molecule is CCC1CCCCN1C(=O)C1(C(=O)NCc2ccncc2)CC1. The fourth-order valence-corrected chi connectivity index (χ4v) is 3.48. The Morgan fingerprint density at radius 2 is 2.04 bits per heavy atom. The van der Waals surface area contributed by atoms with Gasteiger partial charge < -0.3 is 10.2 Å². The van der Waals surface area contributed by atoms with Crippen molar-refractivity contribution < 1.29 is 9.59 Å². The molecule has 1 aromatic rings.